The quantitative estimate of drug-likeness (QED) is 0.580. The maximum Gasteiger partial charge on any atom is 0.338 e. The fourth-order valence-electron chi connectivity index (χ4n) is 1.92. The van der Waals surface area contributed by atoms with Crippen molar-refractivity contribution in [3.05, 3.63) is 58.1 Å². The number of aryl methyl sites for hydroxylation is 1. The van der Waals surface area contributed by atoms with Crippen molar-refractivity contribution in [1.82, 2.24) is 0 Å². The van der Waals surface area contributed by atoms with Crippen LogP contribution in [0.3, 0.4) is 0 Å². The highest BCUT2D eigenvalue weighted by Crippen LogP contribution is 2.20. The minimum atomic E-state index is -0.329. The van der Waals surface area contributed by atoms with E-state index < -0.39 is 0 Å². The molecular formula is C17H17BrN2O2S. The summed E-state index contributed by atoms with van der Waals surface area (Å²) in [6.07, 6.45) is 0. The molecule has 4 nitrogen and oxygen atoms in total. The molecule has 0 aliphatic rings. The van der Waals surface area contributed by atoms with Crippen LogP contribution in [-0.4, -0.2) is 17.7 Å². The number of nitrogens with one attached hydrogen (secondary N) is 2. The zero-order chi connectivity index (χ0) is 16.8. The molecule has 0 amide bonds. The zero-order valence-electron chi connectivity index (χ0n) is 12.9. The summed E-state index contributed by atoms with van der Waals surface area (Å²) in [7, 11) is 0. The van der Waals surface area contributed by atoms with Crippen molar-refractivity contribution >= 4 is 50.6 Å². The Morgan fingerprint density at radius 2 is 1.74 bits per heavy atom. The number of rotatable bonds is 4. The summed E-state index contributed by atoms with van der Waals surface area (Å²) in [6, 6.07) is 12.9. The molecule has 0 radical (unpaired) electrons. The Labute approximate surface area is 149 Å². The van der Waals surface area contributed by atoms with Gasteiger partial charge >= 0.3 is 5.97 Å². The van der Waals surface area contributed by atoms with Crippen LogP contribution in [-0.2, 0) is 4.74 Å². The maximum atomic E-state index is 11.6. The van der Waals surface area contributed by atoms with Crippen LogP contribution >= 0.6 is 28.1 Å². The molecule has 23 heavy (non-hydrogen) atoms. The first-order valence-electron chi connectivity index (χ1n) is 7.11. The molecule has 0 aromatic heterocycles. The summed E-state index contributed by atoms with van der Waals surface area (Å²) in [5.41, 5.74) is 3.34. The van der Waals surface area contributed by atoms with E-state index in [2.05, 4.69) is 26.6 Å². The van der Waals surface area contributed by atoms with Gasteiger partial charge in [-0.1, -0.05) is 15.9 Å². The summed E-state index contributed by atoms with van der Waals surface area (Å²) >= 11 is 8.76. The average molecular weight is 393 g/mol. The highest BCUT2D eigenvalue weighted by atomic mass is 79.9. The lowest BCUT2D eigenvalue weighted by Gasteiger charge is -2.12. The summed E-state index contributed by atoms with van der Waals surface area (Å²) in [5.74, 6) is -0.329. The summed E-state index contributed by atoms with van der Waals surface area (Å²) in [5, 5.41) is 6.69. The Bertz CT molecular complexity index is 717. The number of halogens is 1. The molecule has 0 aliphatic carbocycles. The maximum absolute atomic E-state index is 11.6. The normalized spacial score (nSPS) is 10.0. The van der Waals surface area contributed by atoms with Gasteiger partial charge < -0.3 is 15.4 Å². The van der Waals surface area contributed by atoms with E-state index in [1.807, 2.05) is 25.1 Å². The Balaban J connectivity index is 1.97. The lowest BCUT2D eigenvalue weighted by molar-refractivity contribution is 0.0526. The lowest BCUT2D eigenvalue weighted by atomic mass is 10.2. The first-order valence-corrected chi connectivity index (χ1v) is 8.31. The van der Waals surface area contributed by atoms with Gasteiger partial charge in [-0.3, -0.25) is 0 Å². The fourth-order valence-corrected chi connectivity index (χ4v) is 2.40. The van der Waals surface area contributed by atoms with Gasteiger partial charge in [0.25, 0.3) is 0 Å². The van der Waals surface area contributed by atoms with Gasteiger partial charge in [0.15, 0.2) is 5.11 Å². The monoisotopic (exact) mass is 392 g/mol. The molecule has 0 saturated heterocycles. The largest absolute Gasteiger partial charge is 0.462 e. The zero-order valence-corrected chi connectivity index (χ0v) is 15.3. The van der Waals surface area contributed by atoms with Crippen molar-refractivity contribution in [1.29, 1.82) is 0 Å². The molecule has 2 aromatic rings. The number of esters is 1. The summed E-state index contributed by atoms with van der Waals surface area (Å²) < 4.78 is 6.00. The molecule has 0 saturated carbocycles. The van der Waals surface area contributed by atoms with Gasteiger partial charge in [-0.05, 0) is 74.1 Å². The van der Waals surface area contributed by atoms with Crippen molar-refractivity contribution in [3.63, 3.8) is 0 Å². The minimum Gasteiger partial charge on any atom is -0.462 e. The van der Waals surface area contributed by atoms with Gasteiger partial charge in [-0.2, -0.15) is 0 Å². The van der Waals surface area contributed by atoms with Gasteiger partial charge in [-0.25, -0.2) is 4.79 Å². The van der Waals surface area contributed by atoms with E-state index in [1.165, 1.54) is 0 Å². The highest BCUT2D eigenvalue weighted by Gasteiger charge is 2.06. The molecule has 6 heteroatoms. The van der Waals surface area contributed by atoms with Gasteiger partial charge in [0.05, 0.1) is 12.2 Å². The number of hydrogen-bond donors (Lipinski definition) is 2. The molecular weight excluding hydrogens is 376 g/mol. The van der Waals surface area contributed by atoms with E-state index in [1.54, 1.807) is 31.2 Å². The number of thiocarbonyl (C=S) groups is 1. The van der Waals surface area contributed by atoms with Crippen LogP contribution in [0.1, 0.15) is 22.8 Å². The molecule has 2 aromatic carbocycles. The van der Waals surface area contributed by atoms with Gasteiger partial charge in [0.2, 0.25) is 0 Å². The summed E-state index contributed by atoms with van der Waals surface area (Å²) in [6.45, 7) is 4.15. The Morgan fingerprint density at radius 3 is 2.35 bits per heavy atom. The van der Waals surface area contributed by atoms with E-state index in [0.29, 0.717) is 17.3 Å². The van der Waals surface area contributed by atoms with Crippen LogP contribution in [0.4, 0.5) is 11.4 Å². The Hall–Kier alpha value is -1.92. The van der Waals surface area contributed by atoms with Crippen molar-refractivity contribution in [3.8, 4) is 0 Å². The molecule has 2 rings (SSSR count). The first-order chi connectivity index (χ1) is 11.0. The standard InChI is InChI=1S/C17H17BrN2O2S/c1-3-22-16(21)12-4-6-13(7-5-12)19-17(23)20-14-8-9-15(18)11(2)10-14/h4-10H,3H2,1-2H3,(H2,19,20,23). The van der Waals surface area contributed by atoms with Crippen LogP contribution in [0.25, 0.3) is 0 Å². The van der Waals surface area contributed by atoms with Gasteiger partial charge in [0, 0.05) is 15.8 Å². The number of benzene rings is 2. The van der Waals surface area contributed by atoms with E-state index >= 15 is 0 Å². The molecule has 0 atom stereocenters. The van der Waals surface area contributed by atoms with Crippen molar-refractivity contribution < 1.29 is 9.53 Å². The Morgan fingerprint density at radius 1 is 1.13 bits per heavy atom. The molecule has 0 aliphatic heterocycles. The van der Waals surface area contributed by atoms with E-state index in [9.17, 15) is 4.79 Å². The van der Waals surface area contributed by atoms with Crippen LogP contribution in [0.2, 0.25) is 0 Å². The van der Waals surface area contributed by atoms with Crippen molar-refractivity contribution in [2.45, 2.75) is 13.8 Å². The van der Waals surface area contributed by atoms with Crippen LogP contribution < -0.4 is 10.6 Å². The van der Waals surface area contributed by atoms with E-state index in [4.69, 9.17) is 17.0 Å². The summed E-state index contributed by atoms with van der Waals surface area (Å²) in [4.78, 5) is 11.6. The topological polar surface area (TPSA) is 50.4 Å². The number of carbonyl (C=O) groups is 1. The van der Waals surface area contributed by atoms with Gasteiger partial charge in [0.1, 0.15) is 0 Å². The molecule has 0 unspecified atom stereocenters. The molecule has 0 spiro atoms. The molecule has 0 fully saturated rings. The number of carbonyl (C=O) groups excluding carboxylic acids is 1. The number of anilines is 2. The minimum absolute atomic E-state index is 0.329. The third-order valence-electron chi connectivity index (χ3n) is 3.07. The average Bonchev–Trinajstić information content (AvgIpc) is 2.52. The second kappa shape index (κ2) is 8.08. The lowest BCUT2D eigenvalue weighted by Crippen LogP contribution is -2.19. The predicted molar refractivity (Wildman–Crippen MR) is 101 cm³/mol. The predicted octanol–water partition coefficient (Wildman–Crippen LogP) is 4.74. The van der Waals surface area contributed by atoms with Crippen LogP contribution in [0, 0.1) is 6.92 Å². The molecule has 120 valence electrons. The molecule has 0 bridgehead atoms. The highest BCUT2D eigenvalue weighted by molar-refractivity contribution is 9.10. The van der Waals surface area contributed by atoms with Crippen molar-refractivity contribution in [2.75, 3.05) is 17.2 Å². The van der Waals surface area contributed by atoms with Crippen LogP contribution in [0.15, 0.2) is 46.9 Å². The second-order valence-corrected chi connectivity index (χ2v) is 6.10. The number of hydrogen-bond acceptors (Lipinski definition) is 3. The Kier molecular flexibility index (Phi) is 6.12. The SMILES string of the molecule is CCOC(=O)c1ccc(NC(=S)Nc2ccc(Br)c(C)c2)cc1. The fraction of sp³-hybridized carbons (Fsp3) is 0.176. The number of ether oxygens (including phenoxy) is 1. The second-order valence-electron chi connectivity index (χ2n) is 4.84. The van der Waals surface area contributed by atoms with Crippen LogP contribution in [0.5, 0.6) is 0 Å². The van der Waals surface area contributed by atoms with E-state index in [0.717, 1.165) is 21.4 Å². The first kappa shape index (κ1) is 17.4. The molecule has 0 heterocycles. The third kappa shape index (κ3) is 5.04. The van der Waals surface area contributed by atoms with Crippen molar-refractivity contribution in [2.24, 2.45) is 0 Å². The van der Waals surface area contributed by atoms with E-state index in [-0.39, 0.29) is 5.97 Å². The van der Waals surface area contributed by atoms with Gasteiger partial charge in [-0.15, -0.1) is 0 Å². The smallest absolute Gasteiger partial charge is 0.338 e. The third-order valence-corrected chi connectivity index (χ3v) is 4.16. The molecule has 2 N–H and O–H groups in total.